The zero-order valence-corrected chi connectivity index (χ0v) is 13.1. The number of fused-ring (bicyclic) bond motifs is 1. The average Bonchev–Trinajstić information content (AvgIpc) is 3.07. The van der Waals surface area contributed by atoms with E-state index >= 15 is 0 Å². The summed E-state index contributed by atoms with van der Waals surface area (Å²) < 4.78 is 1.65. The van der Waals surface area contributed by atoms with Crippen LogP contribution in [0, 0.1) is 0 Å². The van der Waals surface area contributed by atoms with Gasteiger partial charge in [-0.1, -0.05) is 34.5 Å². The second kappa shape index (κ2) is 5.28. The van der Waals surface area contributed by atoms with E-state index in [2.05, 4.69) is 25.3 Å². The molecule has 0 saturated carbocycles. The fraction of sp³-hybridized carbons (Fsp3) is 0. The van der Waals surface area contributed by atoms with Crippen molar-refractivity contribution in [2.45, 2.75) is 0 Å². The van der Waals surface area contributed by atoms with E-state index in [4.69, 9.17) is 23.2 Å². The molecule has 1 aromatic carbocycles. The molecule has 0 aliphatic heterocycles. The van der Waals surface area contributed by atoms with Gasteiger partial charge in [0.25, 0.3) is 0 Å². The summed E-state index contributed by atoms with van der Waals surface area (Å²) in [6.07, 6.45) is 4.89. The third-order valence-corrected chi connectivity index (χ3v) is 4.25. The van der Waals surface area contributed by atoms with Crippen molar-refractivity contribution in [3.63, 3.8) is 0 Å². The zero-order valence-electron chi connectivity index (χ0n) is 10.8. The summed E-state index contributed by atoms with van der Waals surface area (Å²) in [7, 11) is 0. The lowest BCUT2D eigenvalue weighted by atomic mass is 10.2. The molecule has 4 rings (SSSR count). The minimum Gasteiger partial charge on any atom is -0.261 e. The molecule has 0 aliphatic carbocycles. The first kappa shape index (κ1) is 13.6. The van der Waals surface area contributed by atoms with Gasteiger partial charge in [-0.3, -0.25) is 9.97 Å². The fourth-order valence-corrected chi connectivity index (χ4v) is 3.32. The predicted octanol–water partition coefficient (Wildman–Crippen LogP) is 3.62. The number of hydrogen-bond donors (Lipinski definition) is 0. The van der Waals surface area contributed by atoms with E-state index in [1.807, 2.05) is 0 Å². The summed E-state index contributed by atoms with van der Waals surface area (Å²) >= 11 is 13.5. The number of halogens is 2. The fourth-order valence-electron chi connectivity index (χ4n) is 1.99. The van der Waals surface area contributed by atoms with Crippen LogP contribution in [0.3, 0.4) is 0 Å². The summed E-state index contributed by atoms with van der Waals surface area (Å²) in [6, 6.07) is 5.20. The van der Waals surface area contributed by atoms with E-state index in [-0.39, 0.29) is 0 Å². The minimum atomic E-state index is 0.531. The maximum absolute atomic E-state index is 6.04. The standard InChI is InChI=1S/C13H6Cl2N6S/c14-8-3-7(4-9(15)5-8)11-18-19-13-21(11)20-12(22-13)10-6-16-1-2-17-10/h1-6H. The molecule has 22 heavy (non-hydrogen) atoms. The smallest absolute Gasteiger partial charge is 0.235 e. The molecule has 0 amide bonds. The number of aromatic nitrogens is 6. The van der Waals surface area contributed by atoms with Gasteiger partial charge in [0.15, 0.2) is 10.8 Å². The van der Waals surface area contributed by atoms with E-state index in [1.54, 1.807) is 41.3 Å². The monoisotopic (exact) mass is 348 g/mol. The summed E-state index contributed by atoms with van der Waals surface area (Å²) in [4.78, 5) is 8.94. The van der Waals surface area contributed by atoms with Crippen LogP contribution in [0.25, 0.3) is 27.1 Å². The second-order valence-corrected chi connectivity index (χ2v) is 6.20. The molecular formula is C13H6Cl2N6S. The Balaban J connectivity index is 1.88. The molecule has 3 aromatic heterocycles. The number of nitrogens with zero attached hydrogens (tertiary/aromatic N) is 6. The van der Waals surface area contributed by atoms with Gasteiger partial charge < -0.3 is 0 Å². The molecule has 0 bridgehead atoms. The molecule has 0 saturated heterocycles. The van der Waals surface area contributed by atoms with Crippen molar-refractivity contribution in [1.82, 2.24) is 29.8 Å². The molecule has 0 unspecified atom stereocenters. The van der Waals surface area contributed by atoms with Gasteiger partial charge in [0, 0.05) is 28.0 Å². The van der Waals surface area contributed by atoms with Crippen molar-refractivity contribution in [2.24, 2.45) is 0 Å². The van der Waals surface area contributed by atoms with Gasteiger partial charge >= 0.3 is 0 Å². The maximum Gasteiger partial charge on any atom is 0.235 e. The molecule has 0 aliphatic rings. The Hall–Kier alpha value is -2.09. The van der Waals surface area contributed by atoms with Crippen LogP contribution < -0.4 is 0 Å². The lowest BCUT2D eigenvalue weighted by Gasteiger charge is -1.99. The minimum absolute atomic E-state index is 0.531. The van der Waals surface area contributed by atoms with Crippen LogP contribution in [0.2, 0.25) is 10.0 Å². The van der Waals surface area contributed by atoms with Crippen LogP contribution in [-0.4, -0.2) is 29.8 Å². The molecule has 108 valence electrons. The molecule has 4 aromatic rings. The Kier molecular flexibility index (Phi) is 3.25. The van der Waals surface area contributed by atoms with Crippen LogP contribution in [0.15, 0.2) is 36.8 Å². The highest BCUT2D eigenvalue weighted by Crippen LogP contribution is 2.29. The van der Waals surface area contributed by atoms with Crippen molar-refractivity contribution in [2.75, 3.05) is 0 Å². The molecule has 3 heterocycles. The van der Waals surface area contributed by atoms with Crippen LogP contribution in [0.4, 0.5) is 0 Å². The third-order valence-electron chi connectivity index (χ3n) is 2.89. The average molecular weight is 349 g/mol. The first-order chi connectivity index (χ1) is 10.7. The van der Waals surface area contributed by atoms with E-state index in [9.17, 15) is 0 Å². The number of benzene rings is 1. The van der Waals surface area contributed by atoms with Crippen LogP contribution in [0.5, 0.6) is 0 Å². The lowest BCUT2D eigenvalue weighted by molar-refractivity contribution is 0.965. The van der Waals surface area contributed by atoms with Gasteiger partial charge in [-0.05, 0) is 18.2 Å². The van der Waals surface area contributed by atoms with Crippen molar-refractivity contribution in [1.29, 1.82) is 0 Å². The first-order valence-corrected chi connectivity index (χ1v) is 7.73. The van der Waals surface area contributed by atoms with Crippen LogP contribution >= 0.6 is 34.5 Å². The predicted molar refractivity (Wildman–Crippen MR) is 85.1 cm³/mol. The highest BCUT2D eigenvalue weighted by molar-refractivity contribution is 7.19. The normalized spacial score (nSPS) is 11.2. The SMILES string of the molecule is Clc1cc(Cl)cc(-c2nnc3sc(-c4cnccn4)nn23)c1. The van der Waals surface area contributed by atoms with Crippen LogP contribution in [0.1, 0.15) is 0 Å². The molecule has 0 atom stereocenters. The largest absolute Gasteiger partial charge is 0.261 e. The van der Waals surface area contributed by atoms with Crippen molar-refractivity contribution in [3.05, 3.63) is 46.8 Å². The Bertz CT molecular complexity index is 945. The van der Waals surface area contributed by atoms with E-state index in [0.717, 1.165) is 5.56 Å². The molecule has 0 spiro atoms. The first-order valence-electron chi connectivity index (χ1n) is 6.16. The highest BCUT2D eigenvalue weighted by Gasteiger charge is 2.15. The molecular weight excluding hydrogens is 343 g/mol. The molecule has 9 heteroatoms. The Morgan fingerprint density at radius 1 is 1.00 bits per heavy atom. The van der Waals surface area contributed by atoms with E-state index < -0.39 is 0 Å². The summed E-state index contributed by atoms with van der Waals surface area (Å²) in [6.45, 7) is 0. The van der Waals surface area contributed by atoms with Crippen LogP contribution in [-0.2, 0) is 0 Å². The third kappa shape index (κ3) is 2.33. The Labute approximate surface area is 138 Å². The molecule has 0 N–H and O–H groups in total. The quantitative estimate of drug-likeness (QED) is 0.553. The summed E-state index contributed by atoms with van der Waals surface area (Å²) in [5.74, 6) is 0.575. The van der Waals surface area contributed by atoms with Crippen molar-refractivity contribution >= 4 is 39.5 Å². The topological polar surface area (TPSA) is 68.9 Å². The summed E-state index contributed by atoms with van der Waals surface area (Å²) in [5, 5.41) is 14.6. The van der Waals surface area contributed by atoms with Gasteiger partial charge in [-0.2, -0.15) is 9.61 Å². The van der Waals surface area contributed by atoms with Gasteiger partial charge in [-0.15, -0.1) is 10.2 Å². The van der Waals surface area contributed by atoms with Crippen molar-refractivity contribution < 1.29 is 0 Å². The van der Waals surface area contributed by atoms with Gasteiger partial charge in [0.05, 0.1) is 6.20 Å². The van der Waals surface area contributed by atoms with Gasteiger partial charge in [0.1, 0.15) is 5.69 Å². The zero-order chi connectivity index (χ0) is 15.1. The maximum atomic E-state index is 6.04. The van der Waals surface area contributed by atoms with Crippen molar-refractivity contribution in [3.8, 4) is 22.1 Å². The molecule has 6 nitrogen and oxygen atoms in total. The molecule has 0 radical (unpaired) electrons. The van der Waals surface area contributed by atoms with E-state index in [0.29, 0.717) is 31.5 Å². The lowest BCUT2D eigenvalue weighted by Crippen LogP contribution is -1.92. The number of hydrogen-bond acceptors (Lipinski definition) is 6. The van der Waals surface area contributed by atoms with Gasteiger partial charge in [0.2, 0.25) is 4.96 Å². The van der Waals surface area contributed by atoms with Gasteiger partial charge in [-0.25, -0.2) is 0 Å². The Morgan fingerprint density at radius 2 is 1.82 bits per heavy atom. The second-order valence-electron chi connectivity index (χ2n) is 4.37. The Morgan fingerprint density at radius 3 is 2.55 bits per heavy atom. The molecule has 0 fully saturated rings. The van der Waals surface area contributed by atoms with E-state index in [1.165, 1.54) is 11.3 Å². The highest BCUT2D eigenvalue weighted by atomic mass is 35.5. The summed E-state index contributed by atoms with van der Waals surface area (Å²) in [5.41, 5.74) is 1.44. The number of rotatable bonds is 2.